The van der Waals surface area contributed by atoms with E-state index in [-0.39, 0.29) is 18.2 Å². The summed E-state index contributed by atoms with van der Waals surface area (Å²) < 4.78 is 5.20. The zero-order valence-corrected chi connectivity index (χ0v) is 18.3. The third kappa shape index (κ3) is 4.34. The average molecular weight is 440 g/mol. The molecule has 4 rings (SSSR count). The quantitative estimate of drug-likeness (QED) is 0.608. The number of aromatic nitrogens is 1. The van der Waals surface area contributed by atoms with Gasteiger partial charge in [-0.1, -0.05) is 12.1 Å². The van der Waals surface area contributed by atoms with Crippen LogP contribution in [0.25, 0.3) is 11.3 Å². The number of amides is 2. The number of methoxy groups -OCH3 is 1. The van der Waals surface area contributed by atoms with Crippen LogP contribution in [0, 0.1) is 6.92 Å². The highest BCUT2D eigenvalue weighted by molar-refractivity contribution is 8.00. The van der Waals surface area contributed by atoms with E-state index in [9.17, 15) is 9.59 Å². The smallest absolute Gasteiger partial charge is 0.237 e. The second kappa shape index (κ2) is 8.89. The fourth-order valence-electron chi connectivity index (χ4n) is 3.26. The van der Waals surface area contributed by atoms with Crippen LogP contribution in [0.2, 0.25) is 0 Å². The number of thiazole rings is 1. The van der Waals surface area contributed by atoms with Crippen LogP contribution in [-0.4, -0.2) is 36.2 Å². The second-order valence-corrected chi connectivity index (χ2v) is 8.97. The molecule has 8 heteroatoms. The number of fused-ring (bicyclic) bond motifs is 1. The van der Waals surface area contributed by atoms with Crippen molar-refractivity contribution in [2.75, 3.05) is 29.6 Å². The van der Waals surface area contributed by atoms with E-state index in [1.54, 1.807) is 12.0 Å². The van der Waals surface area contributed by atoms with Gasteiger partial charge < -0.3 is 15.0 Å². The summed E-state index contributed by atoms with van der Waals surface area (Å²) in [6.07, 6.45) is 0.210. The molecule has 1 aliphatic heterocycles. The van der Waals surface area contributed by atoms with Gasteiger partial charge in [0.1, 0.15) is 5.75 Å². The first kappa shape index (κ1) is 20.4. The summed E-state index contributed by atoms with van der Waals surface area (Å²) >= 11 is 2.97. The highest BCUT2D eigenvalue weighted by atomic mass is 32.2. The van der Waals surface area contributed by atoms with Crippen molar-refractivity contribution in [3.05, 3.63) is 53.4 Å². The monoisotopic (exact) mass is 439 g/mol. The van der Waals surface area contributed by atoms with Crippen molar-refractivity contribution in [3.8, 4) is 17.0 Å². The molecule has 2 amide bonds. The van der Waals surface area contributed by atoms with Crippen molar-refractivity contribution in [1.82, 2.24) is 4.98 Å². The molecule has 0 aliphatic carbocycles. The van der Waals surface area contributed by atoms with Crippen molar-refractivity contribution in [1.29, 1.82) is 0 Å². The summed E-state index contributed by atoms with van der Waals surface area (Å²) in [5.74, 6) is 1.05. The van der Waals surface area contributed by atoms with Gasteiger partial charge in [-0.15, -0.1) is 23.1 Å². The maximum Gasteiger partial charge on any atom is 0.237 e. The van der Waals surface area contributed by atoms with Crippen molar-refractivity contribution >= 4 is 45.7 Å². The Morgan fingerprint density at radius 3 is 2.73 bits per heavy atom. The van der Waals surface area contributed by atoms with Crippen LogP contribution in [0.1, 0.15) is 11.3 Å². The van der Waals surface area contributed by atoms with E-state index in [0.29, 0.717) is 17.4 Å². The molecule has 0 bridgehead atoms. The molecule has 3 aromatic rings. The number of hydrogen-bond donors (Lipinski definition) is 1. The average Bonchev–Trinajstić information content (AvgIpc) is 3.12. The molecule has 6 nitrogen and oxygen atoms in total. The molecule has 1 aliphatic rings. The molecule has 0 unspecified atom stereocenters. The topological polar surface area (TPSA) is 71.5 Å². The number of para-hydroxylation sites is 1. The number of nitrogens with one attached hydrogen (secondary N) is 1. The van der Waals surface area contributed by atoms with Gasteiger partial charge in [-0.25, -0.2) is 4.98 Å². The van der Waals surface area contributed by atoms with E-state index >= 15 is 0 Å². The Morgan fingerprint density at radius 1 is 1.20 bits per heavy atom. The van der Waals surface area contributed by atoms with Crippen molar-refractivity contribution in [2.45, 2.75) is 18.2 Å². The highest BCUT2D eigenvalue weighted by Crippen LogP contribution is 2.35. The minimum atomic E-state index is -0.159. The first-order valence-corrected chi connectivity index (χ1v) is 11.3. The Balaban J connectivity index is 1.41. The largest absolute Gasteiger partial charge is 0.497 e. The van der Waals surface area contributed by atoms with Gasteiger partial charge in [0.2, 0.25) is 11.8 Å². The molecule has 2 aromatic carbocycles. The summed E-state index contributed by atoms with van der Waals surface area (Å²) in [4.78, 5) is 33.2. The molecule has 0 atom stereocenters. The Bertz CT molecular complexity index is 1080. The molecule has 1 aromatic heterocycles. The Kier molecular flexibility index (Phi) is 6.06. The number of rotatable bonds is 6. The number of hydrogen-bond acceptors (Lipinski definition) is 6. The van der Waals surface area contributed by atoms with Gasteiger partial charge in [0.15, 0.2) is 5.13 Å². The summed E-state index contributed by atoms with van der Waals surface area (Å²) in [7, 11) is 1.63. The van der Waals surface area contributed by atoms with Gasteiger partial charge in [-0.05, 0) is 43.3 Å². The fourth-order valence-corrected chi connectivity index (χ4v) is 5.05. The van der Waals surface area contributed by atoms with Crippen LogP contribution in [0.3, 0.4) is 0 Å². The van der Waals surface area contributed by atoms with Gasteiger partial charge in [0.25, 0.3) is 0 Å². The van der Waals surface area contributed by atoms with Gasteiger partial charge in [0, 0.05) is 28.3 Å². The number of benzene rings is 2. The number of nitrogens with zero attached hydrogens (tertiary/aromatic N) is 2. The number of aryl methyl sites for hydroxylation is 1. The Hall–Kier alpha value is -2.84. The number of ether oxygens (including phenoxy) is 1. The van der Waals surface area contributed by atoms with Crippen LogP contribution >= 0.6 is 23.1 Å². The molecule has 30 heavy (non-hydrogen) atoms. The van der Waals surface area contributed by atoms with Gasteiger partial charge >= 0.3 is 0 Å². The summed E-state index contributed by atoms with van der Waals surface area (Å²) in [5.41, 5.74) is 2.69. The maximum absolute atomic E-state index is 12.5. The molecular formula is C22H21N3O3S2. The molecule has 0 radical (unpaired) electrons. The third-order valence-electron chi connectivity index (χ3n) is 4.78. The minimum Gasteiger partial charge on any atom is -0.497 e. The van der Waals surface area contributed by atoms with Crippen LogP contribution < -0.4 is 15.0 Å². The predicted molar refractivity (Wildman–Crippen MR) is 122 cm³/mol. The molecule has 0 fully saturated rings. The van der Waals surface area contributed by atoms with E-state index in [2.05, 4.69) is 10.3 Å². The number of carbonyl (C=O) groups excluding carboxylic acids is 2. The van der Waals surface area contributed by atoms with Crippen molar-refractivity contribution < 1.29 is 14.3 Å². The first-order valence-electron chi connectivity index (χ1n) is 9.49. The van der Waals surface area contributed by atoms with E-state index < -0.39 is 0 Å². The van der Waals surface area contributed by atoms with Crippen LogP contribution in [0.4, 0.5) is 10.8 Å². The fraction of sp³-hybridized carbons (Fsp3) is 0.227. The minimum absolute atomic E-state index is 0.0263. The molecular weight excluding hydrogens is 418 g/mol. The first-order chi connectivity index (χ1) is 14.5. The number of carbonyl (C=O) groups is 2. The van der Waals surface area contributed by atoms with Crippen LogP contribution in [-0.2, 0) is 9.59 Å². The van der Waals surface area contributed by atoms with Crippen LogP contribution in [0.5, 0.6) is 5.75 Å². The van der Waals surface area contributed by atoms with Crippen molar-refractivity contribution in [3.63, 3.8) is 0 Å². The standard InChI is InChI=1S/C22H21N3O3S2/c1-14-21(15-7-9-16(28-2)10-8-15)24-22(30-14)23-19(26)11-12-25-17-5-3-4-6-18(17)29-13-20(25)27/h3-10H,11-13H2,1-2H3,(H,23,24,26). The summed E-state index contributed by atoms with van der Waals surface area (Å²) in [5, 5.41) is 3.43. The second-order valence-electron chi connectivity index (χ2n) is 6.75. The molecule has 2 heterocycles. The highest BCUT2D eigenvalue weighted by Gasteiger charge is 2.24. The lowest BCUT2D eigenvalue weighted by Crippen LogP contribution is -2.37. The molecule has 0 spiro atoms. The zero-order chi connectivity index (χ0) is 21.1. The van der Waals surface area contributed by atoms with Crippen LogP contribution in [0.15, 0.2) is 53.4 Å². The molecule has 0 saturated carbocycles. The van der Waals surface area contributed by atoms with E-state index in [1.807, 2.05) is 55.5 Å². The summed E-state index contributed by atoms with van der Waals surface area (Å²) in [6.45, 7) is 2.33. The van der Waals surface area contributed by atoms with Gasteiger partial charge in [0.05, 0.1) is 24.2 Å². The number of thioether (sulfide) groups is 1. The van der Waals surface area contributed by atoms with E-state index in [0.717, 1.165) is 32.5 Å². The SMILES string of the molecule is COc1ccc(-c2nc(NC(=O)CCN3C(=O)CSc4ccccc43)sc2C)cc1. The predicted octanol–water partition coefficient (Wildman–Crippen LogP) is 4.59. The lowest BCUT2D eigenvalue weighted by atomic mass is 10.1. The lowest BCUT2D eigenvalue weighted by molar-refractivity contribution is -0.117. The normalized spacial score (nSPS) is 13.1. The van der Waals surface area contributed by atoms with Crippen molar-refractivity contribution in [2.24, 2.45) is 0 Å². The lowest BCUT2D eigenvalue weighted by Gasteiger charge is -2.28. The third-order valence-corrected chi connectivity index (χ3v) is 6.71. The van der Waals surface area contributed by atoms with Gasteiger partial charge in [-0.3, -0.25) is 9.59 Å². The van der Waals surface area contributed by atoms with E-state index in [1.165, 1.54) is 23.1 Å². The van der Waals surface area contributed by atoms with E-state index in [4.69, 9.17) is 4.74 Å². The molecule has 1 N–H and O–H groups in total. The van der Waals surface area contributed by atoms with Gasteiger partial charge in [-0.2, -0.15) is 0 Å². The molecule has 154 valence electrons. The maximum atomic E-state index is 12.5. The summed E-state index contributed by atoms with van der Waals surface area (Å²) in [6, 6.07) is 15.5. The number of anilines is 2. The zero-order valence-electron chi connectivity index (χ0n) is 16.7. The Labute approximate surface area is 183 Å². The Morgan fingerprint density at radius 2 is 1.97 bits per heavy atom. The molecule has 0 saturated heterocycles.